The van der Waals surface area contributed by atoms with Gasteiger partial charge < -0.3 is 0 Å². The van der Waals surface area contributed by atoms with Crippen LogP contribution in [-0.4, -0.2) is 36.9 Å². The number of fused-ring (bicyclic) bond motifs is 1. The van der Waals surface area contributed by atoms with Gasteiger partial charge in [0.15, 0.2) is 9.84 Å². The van der Waals surface area contributed by atoms with Gasteiger partial charge in [0.05, 0.1) is 21.3 Å². The van der Waals surface area contributed by atoms with Gasteiger partial charge >= 0.3 is 0 Å². The molecule has 0 radical (unpaired) electrons. The zero-order chi connectivity index (χ0) is 18.9. The summed E-state index contributed by atoms with van der Waals surface area (Å²) < 4.78 is 25.6. The van der Waals surface area contributed by atoms with E-state index < -0.39 is 15.1 Å². The van der Waals surface area contributed by atoms with Crippen LogP contribution < -0.4 is 0 Å². The molecular formula is C20H19NO4S. The lowest BCUT2D eigenvalue weighted by Crippen LogP contribution is -2.34. The summed E-state index contributed by atoms with van der Waals surface area (Å²) in [6.45, 7) is 5.53. The molecule has 5 nitrogen and oxygen atoms in total. The summed E-state index contributed by atoms with van der Waals surface area (Å²) >= 11 is 0. The van der Waals surface area contributed by atoms with E-state index >= 15 is 0 Å². The van der Waals surface area contributed by atoms with Crippen molar-refractivity contribution in [1.82, 2.24) is 4.90 Å². The smallest absolute Gasteiger partial charge is 0.261 e. The van der Waals surface area contributed by atoms with Crippen molar-refractivity contribution in [3.63, 3.8) is 0 Å². The van der Waals surface area contributed by atoms with Crippen LogP contribution in [0.1, 0.15) is 32.7 Å². The van der Waals surface area contributed by atoms with Gasteiger partial charge in [-0.2, -0.15) is 0 Å². The minimum Gasteiger partial charge on any atom is -0.274 e. The van der Waals surface area contributed by atoms with Crippen molar-refractivity contribution in [2.45, 2.75) is 23.5 Å². The number of sulfone groups is 1. The van der Waals surface area contributed by atoms with Gasteiger partial charge in [-0.25, -0.2) is 8.42 Å². The third-order valence-electron chi connectivity index (χ3n) is 4.53. The maximum atomic E-state index is 12.8. The van der Waals surface area contributed by atoms with Crippen LogP contribution in [-0.2, 0) is 9.84 Å². The van der Waals surface area contributed by atoms with Gasteiger partial charge in [0, 0.05) is 6.54 Å². The van der Waals surface area contributed by atoms with Crippen molar-refractivity contribution < 1.29 is 18.0 Å². The molecule has 134 valence electrons. The molecular weight excluding hydrogens is 350 g/mol. The molecule has 0 spiro atoms. The second-order valence-corrected chi connectivity index (χ2v) is 8.40. The van der Waals surface area contributed by atoms with Gasteiger partial charge in [0.1, 0.15) is 0 Å². The molecule has 2 amide bonds. The second kappa shape index (κ2) is 6.88. The van der Waals surface area contributed by atoms with Crippen molar-refractivity contribution in [2.75, 3.05) is 6.54 Å². The molecule has 1 aliphatic rings. The standard InChI is InChI=1S/C20H19NO4S/c1-3-15(26(24,25)16-10-8-14(2)9-11-16)12-13-21-19(22)17-6-4-5-7-18(17)20(21)23/h3-11,15H,1,12-13H2,2H3. The highest BCUT2D eigenvalue weighted by atomic mass is 32.2. The third-order valence-corrected chi connectivity index (χ3v) is 6.68. The number of amides is 2. The molecule has 2 aromatic carbocycles. The van der Waals surface area contributed by atoms with Gasteiger partial charge in [-0.3, -0.25) is 14.5 Å². The van der Waals surface area contributed by atoms with Crippen LogP contribution in [0.3, 0.4) is 0 Å². The minimum absolute atomic E-state index is 0.0219. The van der Waals surface area contributed by atoms with Crippen molar-refractivity contribution in [3.8, 4) is 0 Å². The molecule has 1 unspecified atom stereocenters. The molecule has 1 atom stereocenters. The largest absolute Gasteiger partial charge is 0.274 e. The van der Waals surface area contributed by atoms with Crippen molar-refractivity contribution in [1.29, 1.82) is 0 Å². The Morgan fingerprint density at radius 1 is 1.00 bits per heavy atom. The zero-order valence-corrected chi connectivity index (χ0v) is 15.2. The van der Waals surface area contributed by atoms with Crippen LogP contribution in [0, 0.1) is 6.92 Å². The molecule has 0 aliphatic carbocycles. The van der Waals surface area contributed by atoms with Crippen molar-refractivity contribution in [3.05, 3.63) is 77.9 Å². The minimum atomic E-state index is -3.63. The van der Waals surface area contributed by atoms with Crippen molar-refractivity contribution >= 4 is 21.7 Å². The average Bonchev–Trinajstić information content (AvgIpc) is 2.87. The first-order valence-corrected chi connectivity index (χ1v) is 9.79. The molecule has 0 fully saturated rings. The predicted molar refractivity (Wildman–Crippen MR) is 98.8 cm³/mol. The van der Waals surface area contributed by atoms with E-state index in [0.29, 0.717) is 11.1 Å². The molecule has 1 aliphatic heterocycles. The number of carbonyl (C=O) groups is 2. The summed E-state index contributed by atoms with van der Waals surface area (Å²) in [5.74, 6) is -0.776. The molecule has 0 N–H and O–H groups in total. The summed E-state index contributed by atoms with van der Waals surface area (Å²) in [6, 6.07) is 13.2. The van der Waals surface area contributed by atoms with E-state index in [-0.39, 0.29) is 29.7 Å². The van der Waals surface area contributed by atoms with Crippen LogP contribution in [0.2, 0.25) is 0 Å². The summed E-state index contributed by atoms with van der Waals surface area (Å²) in [7, 11) is -3.63. The van der Waals surface area contributed by atoms with E-state index in [2.05, 4.69) is 6.58 Å². The lowest BCUT2D eigenvalue weighted by Gasteiger charge is -2.18. The summed E-state index contributed by atoms with van der Waals surface area (Å²) in [5, 5.41) is -0.880. The van der Waals surface area contributed by atoms with E-state index in [9.17, 15) is 18.0 Å². The van der Waals surface area contributed by atoms with Gasteiger partial charge in [-0.15, -0.1) is 6.58 Å². The molecule has 6 heteroatoms. The first kappa shape index (κ1) is 18.1. The average molecular weight is 369 g/mol. The quantitative estimate of drug-likeness (QED) is 0.580. The molecule has 0 saturated heterocycles. The fourth-order valence-electron chi connectivity index (χ4n) is 3.00. The normalized spacial score (nSPS) is 15.0. The maximum Gasteiger partial charge on any atom is 0.261 e. The van der Waals surface area contributed by atoms with Crippen LogP contribution in [0.15, 0.2) is 66.1 Å². The Hall–Kier alpha value is -2.73. The fraction of sp³-hybridized carbons (Fsp3) is 0.200. The second-order valence-electron chi connectivity index (χ2n) is 6.23. The van der Waals surface area contributed by atoms with Gasteiger partial charge in [0.25, 0.3) is 11.8 Å². The number of carbonyl (C=O) groups excluding carboxylic acids is 2. The van der Waals surface area contributed by atoms with E-state index in [1.807, 2.05) is 6.92 Å². The lowest BCUT2D eigenvalue weighted by atomic mass is 10.1. The van der Waals surface area contributed by atoms with Gasteiger partial charge in [0.2, 0.25) is 0 Å². The molecule has 0 saturated carbocycles. The molecule has 26 heavy (non-hydrogen) atoms. The van der Waals surface area contributed by atoms with E-state index in [4.69, 9.17) is 0 Å². The highest BCUT2D eigenvalue weighted by molar-refractivity contribution is 7.92. The maximum absolute atomic E-state index is 12.8. The number of benzene rings is 2. The number of rotatable bonds is 6. The third kappa shape index (κ3) is 3.08. The summed E-state index contributed by atoms with van der Waals surface area (Å²) in [4.78, 5) is 26.1. The van der Waals surface area contributed by atoms with Crippen molar-refractivity contribution in [2.24, 2.45) is 0 Å². The van der Waals surface area contributed by atoms with Crippen LogP contribution in [0.25, 0.3) is 0 Å². The first-order valence-electron chi connectivity index (χ1n) is 8.24. The van der Waals surface area contributed by atoms with E-state index in [1.165, 1.54) is 6.08 Å². The Labute approximate surface area is 152 Å². The van der Waals surface area contributed by atoms with Crippen LogP contribution in [0.5, 0.6) is 0 Å². The molecule has 0 bridgehead atoms. The molecule has 1 heterocycles. The zero-order valence-electron chi connectivity index (χ0n) is 14.4. The summed E-state index contributed by atoms with van der Waals surface area (Å²) in [6.07, 6.45) is 1.46. The Morgan fingerprint density at radius 3 is 2.04 bits per heavy atom. The predicted octanol–water partition coefficient (Wildman–Crippen LogP) is 3.01. The van der Waals surface area contributed by atoms with Crippen LogP contribution >= 0.6 is 0 Å². The molecule has 2 aromatic rings. The number of hydrogen-bond donors (Lipinski definition) is 0. The highest BCUT2D eigenvalue weighted by Crippen LogP contribution is 2.25. The molecule has 3 rings (SSSR count). The topological polar surface area (TPSA) is 71.5 Å². The fourth-order valence-corrected chi connectivity index (χ4v) is 4.54. The van der Waals surface area contributed by atoms with Gasteiger partial charge in [-0.1, -0.05) is 35.9 Å². The first-order chi connectivity index (χ1) is 12.4. The van der Waals surface area contributed by atoms with Gasteiger partial charge in [-0.05, 0) is 37.6 Å². The summed E-state index contributed by atoms with van der Waals surface area (Å²) in [5.41, 5.74) is 1.67. The Bertz CT molecular complexity index is 942. The SMILES string of the molecule is C=CC(CCN1C(=O)c2ccccc2C1=O)S(=O)(=O)c1ccc(C)cc1. The van der Waals surface area contributed by atoms with Crippen LogP contribution in [0.4, 0.5) is 0 Å². The van der Waals surface area contributed by atoms with E-state index in [0.717, 1.165) is 10.5 Å². The number of nitrogens with zero attached hydrogens (tertiary/aromatic N) is 1. The Balaban J connectivity index is 1.78. The highest BCUT2D eigenvalue weighted by Gasteiger charge is 2.36. The monoisotopic (exact) mass is 369 g/mol. The van der Waals surface area contributed by atoms with E-state index in [1.54, 1.807) is 48.5 Å². The Morgan fingerprint density at radius 2 is 1.54 bits per heavy atom. The number of imide groups is 1. The molecule has 0 aromatic heterocycles. The Kier molecular flexibility index (Phi) is 4.78. The number of aryl methyl sites for hydroxylation is 1. The number of hydrogen-bond acceptors (Lipinski definition) is 4. The lowest BCUT2D eigenvalue weighted by molar-refractivity contribution is 0.0653.